The molecule has 1 aromatic heterocycles. The number of pyridine rings is 1. The van der Waals surface area contributed by atoms with Gasteiger partial charge in [0.1, 0.15) is 0 Å². The van der Waals surface area contributed by atoms with Crippen LogP contribution in [0.4, 0.5) is 5.69 Å². The fourth-order valence-electron chi connectivity index (χ4n) is 4.56. The number of nitrogens with two attached hydrogens (primary N) is 1. The summed E-state index contributed by atoms with van der Waals surface area (Å²) in [7, 11) is 3.12. The Morgan fingerprint density at radius 3 is 2.44 bits per heavy atom. The van der Waals surface area contributed by atoms with E-state index in [9.17, 15) is 9.59 Å². The third kappa shape index (κ3) is 6.01. The van der Waals surface area contributed by atoms with Crippen molar-refractivity contribution in [2.24, 2.45) is 5.73 Å². The van der Waals surface area contributed by atoms with Crippen molar-refractivity contribution in [2.45, 2.75) is 44.3 Å². The van der Waals surface area contributed by atoms with Crippen LogP contribution >= 0.6 is 0 Å². The minimum Gasteiger partial charge on any atom is -0.493 e. The monoisotopic (exact) mass is 488 g/mol. The van der Waals surface area contributed by atoms with E-state index in [0.29, 0.717) is 34.9 Å². The summed E-state index contributed by atoms with van der Waals surface area (Å²) in [5.74, 6) is 0.761. The van der Waals surface area contributed by atoms with E-state index in [2.05, 4.69) is 10.3 Å². The topological polar surface area (TPSA) is 107 Å². The highest BCUT2D eigenvalue weighted by molar-refractivity contribution is 6.04. The molecule has 8 heteroatoms. The molecule has 1 heterocycles. The lowest BCUT2D eigenvalue weighted by Crippen LogP contribution is -2.43. The van der Waals surface area contributed by atoms with E-state index >= 15 is 0 Å². The largest absolute Gasteiger partial charge is 0.493 e. The van der Waals surface area contributed by atoms with Crippen molar-refractivity contribution in [3.05, 3.63) is 83.7 Å². The second-order valence-electron chi connectivity index (χ2n) is 8.97. The molecule has 0 atom stereocenters. The summed E-state index contributed by atoms with van der Waals surface area (Å²) < 4.78 is 10.7. The van der Waals surface area contributed by atoms with E-state index < -0.39 is 0 Å². The number of aromatic nitrogens is 1. The number of ether oxygens (including phenoxy) is 2. The number of amides is 2. The number of methoxy groups -OCH3 is 2. The second kappa shape index (κ2) is 11.7. The van der Waals surface area contributed by atoms with Crippen LogP contribution < -0.4 is 20.5 Å². The molecule has 8 nitrogen and oxygen atoms in total. The maximum absolute atomic E-state index is 13.8. The molecule has 3 aromatic rings. The number of hydrogen-bond donors (Lipinski definition) is 2. The van der Waals surface area contributed by atoms with Crippen LogP contribution in [0.2, 0.25) is 0 Å². The smallest absolute Gasteiger partial charge is 0.257 e. The van der Waals surface area contributed by atoms with Crippen LogP contribution in [0.3, 0.4) is 0 Å². The molecule has 1 fully saturated rings. The number of nitrogens with zero attached hydrogens (tertiary/aromatic N) is 2. The lowest BCUT2D eigenvalue weighted by molar-refractivity contribution is 0.0606. The van der Waals surface area contributed by atoms with Crippen molar-refractivity contribution in [3.8, 4) is 11.5 Å². The van der Waals surface area contributed by atoms with Crippen molar-refractivity contribution in [1.29, 1.82) is 0 Å². The van der Waals surface area contributed by atoms with Crippen molar-refractivity contribution >= 4 is 17.5 Å². The Morgan fingerprint density at radius 2 is 1.75 bits per heavy atom. The van der Waals surface area contributed by atoms with Crippen LogP contribution in [0.15, 0.2) is 67.0 Å². The number of carbonyl (C=O) groups excluding carboxylic acids is 2. The van der Waals surface area contributed by atoms with Crippen LogP contribution in [0, 0.1) is 0 Å². The zero-order chi connectivity index (χ0) is 25.5. The molecule has 1 aliphatic rings. The highest BCUT2D eigenvalue weighted by atomic mass is 16.5. The Labute approximate surface area is 211 Å². The van der Waals surface area contributed by atoms with E-state index in [1.807, 2.05) is 29.2 Å². The normalized spacial score (nSPS) is 17.2. The molecule has 0 bridgehead atoms. The van der Waals surface area contributed by atoms with E-state index in [-0.39, 0.29) is 23.9 Å². The molecule has 36 heavy (non-hydrogen) atoms. The van der Waals surface area contributed by atoms with Gasteiger partial charge in [0.2, 0.25) is 0 Å². The highest BCUT2D eigenvalue weighted by Crippen LogP contribution is 2.30. The Hall–Kier alpha value is -3.91. The average Bonchev–Trinajstić information content (AvgIpc) is 2.92. The number of carbonyl (C=O) groups is 2. The van der Waals surface area contributed by atoms with Crippen LogP contribution in [0.25, 0.3) is 0 Å². The number of anilines is 1. The summed E-state index contributed by atoms with van der Waals surface area (Å²) in [4.78, 5) is 32.3. The van der Waals surface area contributed by atoms with Gasteiger partial charge in [-0.25, -0.2) is 0 Å². The Kier molecular flexibility index (Phi) is 8.17. The van der Waals surface area contributed by atoms with Gasteiger partial charge in [-0.1, -0.05) is 12.1 Å². The lowest BCUT2D eigenvalue weighted by Gasteiger charge is -2.36. The Balaban J connectivity index is 1.57. The van der Waals surface area contributed by atoms with E-state index in [1.54, 1.807) is 50.7 Å². The summed E-state index contributed by atoms with van der Waals surface area (Å²) in [5, 5.41) is 2.92. The maximum Gasteiger partial charge on any atom is 0.257 e. The molecule has 1 aliphatic carbocycles. The van der Waals surface area contributed by atoms with Crippen LogP contribution in [0.1, 0.15) is 52.0 Å². The highest BCUT2D eigenvalue weighted by Gasteiger charge is 2.29. The van der Waals surface area contributed by atoms with Gasteiger partial charge in [0.05, 0.1) is 19.8 Å². The number of rotatable bonds is 8. The average molecular weight is 489 g/mol. The number of nitrogens with one attached hydrogen (secondary N) is 1. The Bertz CT molecular complexity index is 1190. The molecule has 4 rings (SSSR count). The van der Waals surface area contributed by atoms with Gasteiger partial charge in [-0.15, -0.1) is 0 Å². The third-order valence-electron chi connectivity index (χ3n) is 6.53. The first kappa shape index (κ1) is 25.2. The molecule has 2 amide bonds. The van der Waals surface area contributed by atoms with Crippen molar-refractivity contribution in [1.82, 2.24) is 9.88 Å². The third-order valence-corrected chi connectivity index (χ3v) is 6.53. The maximum atomic E-state index is 13.8. The standard InChI is InChI=1S/C28H32N4O4/c1-35-25-13-8-20(16-26(25)36-2)28(34)32(24-11-9-22(29)10-12-24)18-19-5-3-7-23(15-19)31-27(33)21-6-4-14-30-17-21/h3-8,13-17,22,24H,9-12,18,29H2,1-2H3,(H,31,33). The molecule has 0 spiro atoms. The van der Waals surface area contributed by atoms with Gasteiger partial charge in [-0.05, 0) is 73.7 Å². The van der Waals surface area contributed by atoms with Crippen molar-refractivity contribution < 1.29 is 19.1 Å². The van der Waals surface area contributed by atoms with Gasteiger partial charge in [-0.3, -0.25) is 14.6 Å². The molecule has 2 aromatic carbocycles. The summed E-state index contributed by atoms with van der Waals surface area (Å²) in [6, 6.07) is 16.5. The van der Waals surface area contributed by atoms with Crippen molar-refractivity contribution in [3.63, 3.8) is 0 Å². The first-order valence-corrected chi connectivity index (χ1v) is 12.1. The second-order valence-corrected chi connectivity index (χ2v) is 8.97. The SMILES string of the molecule is COc1ccc(C(=O)N(Cc2cccc(NC(=O)c3cccnc3)c2)C2CCC(N)CC2)cc1OC. The van der Waals surface area contributed by atoms with Gasteiger partial charge in [-0.2, -0.15) is 0 Å². The molecule has 1 saturated carbocycles. The molecule has 0 aliphatic heterocycles. The van der Waals surface area contributed by atoms with E-state index in [0.717, 1.165) is 31.2 Å². The molecule has 0 saturated heterocycles. The quantitative estimate of drug-likeness (QED) is 0.491. The summed E-state index contributed by atoms with van der Waals surface area (Å²) in [5.41, 5.74) is 8.73. The first-order valence-electron chi connectivity index (χ1n) is 12.1. The zero-order valence-electron chi connectivity index (χ0n) is 20.6. The van der Waals surface area contributed by atoms with Crippen LogP contribution in [-0.2, 0) is 6.54 Å². The van der Waals surface area contributed by atoms with E-state index in [4.69, 9.17) is 15.2 Å². The number of hydrogen-bond acceptors (Lipinski definition) is 6. The molecule has 3 N–H and O–H groups in total. The van der Waals surface area contributed by atoms with Crippen LogP contribution in [-0.4, -0.2) is 48.0 Å². The lowest BCUT2D eigenvalue weighted by atomic mass is 9.90. The summed E-state index contributed by atoms with van der Waals surface area (Å²) in [6.07, 6.45) is 6.59. The van der Waals surface area contributed by atoms with E-state index in [1.165, 1.54) is 6.20 Å². The predicted octanol–water partition coefficient (Wildman–Crippen LogP) is 4.26. The number of benzene rings is 2. The molecule has 0 unspecified atom stereocenters. The fourth-order valence-corrected chi connectivity index (χ4v) is 4.56. The minimum absolute atomic E-state index is 0.0686. The molecule has 0 radical (unpaired) electrons. The summed E-state index contributed by atoms with van der Waals surface area (Å²) in [6.45, 7) is 0.406. The van der Waals surface area contributed by atoms with Gasteiger partial charge < -0.3 is 25.4 Å². The molecule has 188 valence electrons. The minimum atomic E-state index is -0.236. The summed E-state index contributed by atoms with van der Waals surface area (Å²) >= 11 is 0. The fraction of sp³-hybridized carbons (Fsp3) is 0.321. The van der Waals surface area contributed by atoms with Crippen LogP contribution in [0.5, 0.6) is 11.5 Å². The van der Waals surface area contributed by atoms with Crippen molar-refractivity contribution in [2.75, 3.05) is 19.5 Å². The van der Waals surface area contributed by atoms with Gasteiger partial charge in [0, 0.05) is 42.3 Å². The van der Waals surface area contributed by atoms with Gasteiger partial charge in [0.25, 0.3) is 11.8 Å². The van der Waals surface area contributed by atoms with Gasteiger partial charge >= 0.3 is 0 Å². The molecular formula is C28H32N4O4. The first-order chi connectivity index (χ1) is 17.5. The zero-order valence-corrected chi connectivity index (χ0v) is 20.6. The predicted molar refractivity (Wildman–Crippen MR) is 138 cm³/mol. The van der Waals surface area contributed by atoms with Gasteiger partial charge in [0.15, 0.2) is 11.5 Å². The Morgan fingerprint density at radius 1 is 0.972 bits per heavy atom. The molecular weight excluding hydrogens is 456 g/mol.